The van der Waals surface area contributed by atoms with E-state index in [0.29, 0.717) is 0 Å². The molecule has 0 spiro atoms. The van der Waals surface area contributed by atoms with Gasteiger partial charge in [0.05, 0.1) is 0 Å². The van der Waals surface area contributed by atoms with Crippen molar-refractivity contribution in [2.24, 2.45) is 0 Å². The van der Waals surface area contributed by atoms with E-state index in [1.165, 1.54) is 5.56 Å². The normalized spacial score (nSPS) is 9.31. The summed E-state index contributed by atoms with van der Waals surface area (Å²) in [5.74, 6) is 3.02. The molecule has 0 saturated heterocycles. The first kappa shape index (κ1) is 9.41. The van der Waals surface area contributed by atoms with Gasteiger partial charge >= 0.3 is 0 Å². The van der Waals surface area contributed by atoms with Gasteiger partial charge in [-0.05, 0) is 12.5 Å². The van der Waals surface area contributed by atoms with Crippen molar-refractivity contribution in [2.45, 2.75) is 13.3 Å². The lowest BCUT2D eigenvalue weighted by molar-refractivity contribution is 1.23. The Hall–Kier alpha value is -1.68. The van der Waals surface area contributed by atoms with E-state index >= 15 is 0 Å². The van der Waals surface area contributed by atoms with Crippen LogP contribution >= 0.6 is 0 Å². The van der Waals surface area contributed by atoms with Crippen LogP contribution in [0, 0.1) is 12.0 Å². The van der Waals surface area contributed by atoms with E-state index in [1.807, 2.05) is 37.4 Å². The predicted octanol–water partition coefficient (Wildman–Crippen LogP) is 2.31. The first-order chi connectivity index (χ1) is 6.43. The van der Waals surface area contributed by atoms with Gasteiger partial charge in [-0.25, -0.2) is 0 Å². The number of rotatable bonds is 2. The van der Waals surface area contributed by atoms with Crippen LogP contribution < -0.4 is 5.32 Å². The van der Waals surface area contributed by atoms with Gasteiger partial charge in [0.2, 0.25) is 0 Å². The van der Waals surface area contributed by atoms with E-state index in [9.17, 15) is 0 Å². The Morgan fingerprint density at radius 3 is 2.77 bits per heavy atom. The quantitative estimate of drug-likeness (QED) is 0.532. The molecule has 0 aliphatic rings. The summed E-state index contributed by atoms with van der Waals surface area (Å²) in [6.45, 7) is 1.95. The van der Waals surface area contributed by atoms with E-state index in [0.717, 1.165) is 6.42 Å². The zero-order chi connectivity index (χ0) is 9.36. The molecule has 0 aliphatic heterocycles. The first-order valence-corrected chi connectivity index (χ1v) is 4.32. The van der Waals surface area contributed by atoms with Crippen molar-refractivity contribution in [3.63, 3.8) is 0 Å². The summed E-state index contributed by atoms with van der Waals surface area (Å²) in [5.41, 5.74) is 1.25. The molecule has 0 atom stereocenters. The van der Waals surface area contributed by atoms with Crippen molar-refractivity contribution in [2.75, 3.05) is 0 Å². The maximum Gasteiger partial charge on any atom is 0.0358 e. The zero-order valence-corrected chi connectivity index (χ0v) is 7.75. The van der Waals surface area contributed by atoms with Crippen LogP contribution in [0.1, 0.15) is 12.5 Å². The third-order valence-corrected chi connectivity index (χ3v) is 1.55. The fourth-order valence-electron chi connectivity index (χ4n) is 0.918. The SMILES string of the molecule is CC=CNC#CCc1ccccc1. The Kier molecular flexibility index (Phi) is 4.27. The molecule has 1 N–H and O–H groups in total. The Bertz CT molecular complexity index is 314. The molecule has 0 heterocycles. The van der Waals surface area contributed by atoms with E-state index < -0.39 is 0 Å². The number of hydrogen-bond acceptors (Lipinski definition) is 1. The van der Waals surface area contributed by atoms with E-state index in [4.69, 9.17) is 0 Å². The minimum atomic E-state index is 0.797. The lowest BCUT2D eigenvalue weighted by Crippen LogP contribution is -1.92. The van der Waals surface area contributed by atoms with E-state index in [2.05, 4.69) is 29.4 Å². The fourth-order valence-corrected chi connectivity index (χ4v) is 0.918. The van der Waals surface area contributed by atoms with Gasteiger partial charge in [-0.3, -0.25) is 0 Å². The van der Waals surface area contributed by atoms with Gasteiger partial charge < -0.3 is 5.32 Å². The molecule has 0 unspecified atom stereocenters. The second-order valence-corrected chi connectivity index (χ2v) is 2.61. The molecule has 0 saturated carbocycles. The van der Waals surface area contributed by atoms with Gasteiger partial charge in [0.15, 0.2) is 0 Å². The van der Waals surface area contributed by atoms with Gasteiger partial charge in [0.1, 0.15) is 0 Å². The Morgan fingerprint density at radius 1 is 1.31 bits per heavy atom. The summed E-state index contributed by atoms with van der Waals surface area (Å²) >= 11 is 0. The summed E-state index contributed by atoms with van der Waals surface area (Å²) in [5, 5.41) is 2.86. The van der Waals surface area contributed by atoms with Crippen LogP contribution in [0.3, 0.4) is 0 Å². The molecule has 13 heavy (non-hydrogen) atoms. The highest BCUT2D eigenvalue weighted by Gasteiger charge is 1.83. The number of hydrogen-bond donors (Lipinski definition) is 1. The van der Waals surface area contributed by atoms with Crippen LogP contribution in [-0.4, -0.2) is 0 Å². The van der Waals surface area contributed by atoms with Gasteiger partial charge in [-0.15, -0.1) is 0 Å². The lowest BCUT2D eigenvalue weighted by Gasteiger charge is -1.90. The fraction of sp³-hybridized carbons (Fsp3) is 0.167. The average molecular weight is 171 g/mol. The van der Waals surface area contributed by atoms with Gasteiger partial charge in [-0.1, -0.05) is 42.3 Å². The largest absolute Gasteiger partial charge is 0.322 e. The molecule has 0 amide bonds. The first-order valence-electron chi connectivity index (χ1n) is 4.32. The summed E-state index contributed by atoms with van der Waals surface area (Å²) in [6.07, 6.45) is 4.53. The van der Waals surface area contributed by atoms with Crippen molar-refractivity contribution < 1.29 is 0 Å². The molecule has 0 bridgehead atoms. The van der Waals surface area contributed by atoms with E-state index in [-0.39, 0.29) is 0 Å². The Balaban J connectivity index is 2.37. The van der Waals surface area contributed by atoms with E-state index in [1.54, 1.807) is 0 Å². The second-order valence-electron chi connectivity index (χ2n) is 2.61. The smallest absolute Gasteiger partial charge is 0.0358 e. The third-order valence-electron chi connectivity index (χ3n) is 1.55. The highest BCUT2D eigenvalue weighted by Crippen LogP contribution is 1.97. The summed E-state index contributed by atoms with van der Waals surface area (Å²) < 4.78 is 0. The summed E-state index contributed by atoms with van der Waals surface area (Å²) in [4.78, 5) is 0. The minimum Gasteiger partial charge on any atom is -0.322 e. The summed E-state index contributed by atoms with van der Waals surface area (Å²) in [7, 11) is 0. The molecule has 1 aromatic rings. The van der Waals surface area contributed by atoms with Crippen LogP contribution in [0.15, 0.2) is 42.6 Å². The molecule has 66 valence electrons. The van der Waals surface area contributed by atoms with Crippen LogP contribution in [0.25, 0.3) is 0 Å². The van der Waals surface area contributed by atoms with Crippen LogP contribution in [-0.2, 0) is 6.42 Å². The molecular weight excluding hydrogens is 158 g/mol. The molecule has 0 aromatic heterocycles. The Morgan fingerprint density at radius 2 is 2.08 bits per heavy atom. The highest BCUT2D eigenvalue weighted by atomic mass is 14.8. The van der Waals surface area contributed by atoms with Crippen LogP contribution in [0.5, 0.6) is 0 Å². The number of nitrogens with one attached hydrogen (secondary N) is 1. The molecule has 1 nitrogen and oxygen atoms in total. The molecule has 0 radical (unpaired) electrons. The molecular formula is C12H13N. The summed E-state index contributed by atoms with van der Waals surface area (Å²) in [6, 6.07) is 13.1. The number of benzene rings is 1. The average Bonchev–Trinajstić information content (AvgIpc) is 2.19. The van der Waals surface area contributed by atoms with Gasteiger partial charge in [-0.2, -0.15) is 0 Å². The zero-order valence-electron chi connectivity index (χ0n) is 7.75. The highest BCUT2D eigenvalue weighted by molar-refractivity contribution is 5.20. The Labute approximate surface area is 79.5 Å². The second kappa shape index (κ2) is 5.91. The molecule has 1 heteroatoms. The monoisotopic (exact) mass is 171 g/mol. The molecule has 1 rings (SSSR count). The lowest BCUT2D eigenvalue weighted by atomic mass is 10.2. The molecule has 0 aliphatic carbocycles. The standard InChI is InChI=1S/C12H13N/c1-2-10-13-11-6-9-12-7-4-3-5-8-12/h2-5,7-8,10,13H,9H2,1H3. The van der Waals surface area contributed by atoms with Crippen molar-refractivity contribution in [1.29, 1.82) is 0 Å². The maximum absolute atomic E-state index is 3.02. The van der Waals surface area contributed by atoms with Gasteiger partial charge in [0.25, 0.3) is 0 Å². The van der Waals surface area contributed by atoms with Crippen molar-refractivity contribution in [3.05, 3.63) is 48.2 Å². The van der Waals surface area contributed by atoms with Gasteiger partial charge in [0, 0.05) is 18.7 Å². The molecule has 0 fully saturated rings. The van der Waals surface area contributed by atoms with Crippen molar-refractivity contribution in [1.82, 2.24) is 5.32 Å². The van der Waals surface area contributed by atoms with Crippen LogP contribution in [0.4, 0.5) is 0 Å². The number of allylic oxidation sites excluding steroid dienone is 1. The van der Waals surface area contributed by atoms with Crippen molar-refractivity contribution in [3.8, 4) is 12.0 Å². The topological polar surface area (TPSA) is 12.0 Å². The third kappa shape index (κ3) is 4.03. The van der Waals surface area contributed by atoms with Crippen molar-refractivity contribution >= 4 is 0 Å². The maximum atomic E-state index is 3.02. The minimum absolute atomic E-state index is 0.797. The molecule has 1 aromatic carbocycles. The predicted molar refractivity (Wildman–Crippen MR) is 55.9 cm³/mol. The van der Waals surface area contributed by atoms with Crippen LogP contribution in [0.2, 0.25) is 0 Å².